The van der Waals surface area contributed by atoms with Gasteiger partial charge in [0.25, 0.3) is 0 Å². The number of unbranched alkanes of at least 4 members (excludes halogenated alkanes) is 2. The van der Waals surface area contributed by atoms with Crippen molar-refractivity contribution >= 4 is 0 Å². The van der Waals surface area contributed by atoms with Crippen LogP contribution in [0.2, 0.25) is 0 Å². The summed E-state index contributed by atoms with van der Waals surface area (Å²) in [6.07, 6.45) is 22.5. The fourth-order valence-electron chi connectivity index (χ4n) is 6.01. The molecule has 2 aliphatic carbocycles. The Labute approximate surface area is 187 Å². The molecular formula is C28H39F2N. The fraction of sp³-hybridized carbons (Fsp3) is 0.679. The van der Waals surface area contributed by atoms with Gasteiger partial charge >= 0.3 is 0 Å². The normalized spacial score (nSPS) is 26.8. The highest BCUT2D eigenvalue weighted by molar-refractivity contribution is 5.35. The zero-order valence-corrected chi connectivity index (χ0v) is 19.2. The zero-order chi connectivity index (χ0) is 22.1. The van der Waals surface area contributed by atoms with Gasteiger partial charge in [0.2, 0.25) is 0 Å². The van der Waals surface area contributed by atoms with Crippen LogP contribution in [0.4, 0.5) is 8.78 Å². The SMILES string of the molecule is C/C=C/CCCCC1CCC(C2CCC(CCc3cc(F)c(C#N)c(F)c3)CC2)CC1. The fourth-order valence-corrected chi connectivity index (χ4v) is 6.01. The second kappa shape index (κ2) is 12.4. The zero-order valence-electron chi connectivity index (χ0n) is 19.2. The second-order valence-corrected chi connectivity index (χ2v) is 10.0. The molecule has 0 amide bonds. The van der Waals surface area contributed by atoms with Gasteiger partial charge in [-0.3, -0.25) is 0 Å². The Kier molecular flexibility index (Phi) is 9.56. The van der Waals surface area contributed by atoms with Crippen LogP contribution in [0.25, 0.3) is 0 Å². The summed E-state index contributed by atoms with van der Waals surface area (Å²) < 4.78 is 27.6. The minimum atomic E-state index is -0.727. The summed E-state index contributed by atoms with van der Waals surface area (Å²) in [5.74, 6) is 2.01. The molecule has 0 aliphatic heterocycles. The largest absolute Gasteiger partial charge is 0.205 e. The molecular weight excluding hydrogens is 388 g/mol. The van der Waals surface area contributed by atoms with Gasteiger partial charge in [-0.05, 0) is 99.7 Å². The lowest BCUT2D eigenvalue weighted by molar-refractivity contribution is 0.140. The van der Waals surface area contributed by atoms with Gasteiger partial charge in [0.05, 0.1) is 0 Å². The number of allylic oxidation sites excluding steroid dienone is 2. The van der Waals surface area contributed by atoms with E-state index < -0.39 is 17.2 Å². The summed E-state index contributed by atoms with van der Waals surface area (Å²) in [5.41, 5.74) is 0.216. The smallest absolute Gasteiger partial charge is 0.144 e. The van der Waals surface area contributed by atoms with Crippen LogP contribution in [0, 0.1) is 46.6 Å². The van der Waals surface area contributed by atoms with E-state index in [2.05, 4.69) is 19.1 Å². The van der Waals surface area contributed by atoms with Gasteiger partial charge in [-0.1, -0.05) is 50.7 Å². The molecule has 0 saturated heterocycles. The molecule has 170 valence electrons. The van der Waals surface area contributed by atoms with Crippen molar-refractivity contribution in [3.63, 3.8) is 0 Å². The maximum absolute atomic E-state index is 13.8. The molecule has 1 nitrogen and oxygen atoms in total. The first-order chi connectivity index (χ1) is 15.1. The van der Waals surface area contributed by atoms with E-state index in [0.717, 1.165) is 24.2 Å². The first-order valence-electron chi connectivity index (χ1n) is 12.6. The topological polar surface area (TPSA) is 23.8 Å². The van der Waals surface area contributed by atoms with Gasteiger partial charge in [0.15, 0.2) is 0 Å². The predicted molar refractivity (Wildman–Crippen MR) is 124 cm³/mol. The maximum atomic E-state index is 13.8. The molecule has 3 rings (SSSR count). The molecule has 0 bridgehead atoms. The molecule has 0 radical (unpaired) electrons. The molecule has 1 aromatic rings. The molecule has 2 fully saturated rings. The molecule has 0 aromatic heterocycles. The third-order valence-corrected chi connectivity index (χ3v) is 7.97. The Hall–Kier alpha value is -1.69. The van der Waals surface area contributed by atoms with Crippen molar-refractivity contribution in [1.29, 1.82) is 5.26 Å². The van der Waals surface area contributed by atoms with Crippen molar-refractivity contribution < 1.29 is 8.78 Å². The van der Waals surface area contributed by atoms with Crippen molar-refractivity contribution in [3.05, 3.63) is 47.0 Å². The lowest BCUT2D eigenvalue weighted by Crippen LogP contribution is -2.26. The van der Waals surface area contributed by atoms with Crippen molar-refractivity contribution in [2.45, 2.75) is 96.8 Å². The Balaban J connectivity index is 1.34. The monoisotopic (exact) mass is 427 g/mol. The quantitative estimate of drug-likeness (QED) is 0.286. The molecule has 0 unspecified atom stereocenters. The highest BCUT2D eigenvalue weighted by Gasteiger charge is 2.30. The van der Waals surface area contributed by atoms with Crippen LogP contribution >= 0.6 is 0 Å². The van der Waals surface area contributed by atoms with Crippen molar-refractivity contribution in [1.82, 2.24) is 0 Å². The highest BCUT2D eigenvalue weighted by atomic mass is 19.1. The molecule has 3 heteroatoms. The number of nitrogens with zero attached hydrogens (tertiary/aromatic N) is 1. The minimum absolute atomic E-state index is 0.465. The van der Waals surface area contributed by atoms with Gasteiger partial charge in [0, 0.05) is 0 Å². The lowest BCUT2D eigenvalue weighted by Gasteiger charge is -2.38. The molecule has 0 heterocycles. The van der Waals surface area contributed by atoms with E-state index in [1.807, 2.05) is 0 Å². The van der Waals surface area contributed by atoms with Crippen LogP contribution in [0.3, 0.4) is 0 Å². The number of aryl methyl sites for hydroxylation is 1. The van der Waals surface area contributed by atoms with Crippen LogP contribution in [-0.4, -0.2) is 0 Å². The van der Waals surface area contributed by atoms with Gasteiger partial charge in [-0.15, -0.1) is 0 Å². The summed E-state index contributed by atoms with van der Waals surface area (Å²) in [6.45, 7) is 2.10. The summed E-state index contributed by atoms with van der Waals surface area (Å²) in [4.78, 5) is 0. The van der Waals surface area contributed by atoms with Crippen LogP contribution in [0.15, 0.2) is 24.3 Å². The summed E-state index contributed by atoms with van der Waals surface area (Å²) in [5, 5.41) is 8.80. The molecule has 2 saturated carbocycles. The van der Waals surface area contributed by atoms with Crippen LogP contribution in [0.1, 0.15) is 102 Å². The van der Waals surface area contributed by atoms with E-state index in [1.165, 1.54) is 89.2 Å². The lowest BCUT2D eigenvalue weighted by atomic mass is 9.68. The Morgan fingerprint density at radius 3 is 1.94 bits per heavy atom. The van der Waals surface area contributed by atoms with E-state index >= 15 is 0 Å². The number of rotatable bonds is 9. The van der Waals surface area contributed by atoms with Gasteiger partial charge in [0.1, 0.15) is 23.3 Å². The standard InChI is InChI=1S/C28H39F2N/c1-2-3-4-5-6-7-21-10-14-24(15-11-21)25-16-12-22(13-17-25)8-9-23-18-27(29)26(20-31)28(30)19-23/h2-3,18-19,21-22,24-25H,4-17H2,1H3/b3-2+. The van der Waals surface area contributed by atoms with Crippen molar-refractivity contribution in [3.8, 4) is 6.07 Å². The Bertz CT molecular complexity index is 724. The average molecular weight is 428 g/mol. The third-order valence-electron chi connectivity index (χ3n) is 7.97. The van der Waals surface area contributed by atoms with E-state index in [4.69, 9.17) is 5.26 Å². The second-order valence-electron chi connectivity index (χ2n) is 10.0. The van der Waals surface area contributed by atoms with E-state index in [1.54, 1.807) is 6.07 Å². The molecule has 0 spiro atoms. The van der Waals surface area contributed by atoms with E-state index in [-0.39, 0.29) is 0 Å². The average Bonchev–Trinajstić information content (AvgIpc) is 2.78. The first kappa shape index (κ1) is 24.0. The van der Waals surface area contributed by atoms with Crippen LogP contribution in [-0.2, 0) is 6.42 Å². The summed E-state index contributed by atoms with van der Waals surface area (Å²) in [7, 11) is 0. The minimum Gasteiger partial charge on any atom is -0.205 e. The van der Waals surface area contributed by atoms with Crippen LogP contribution in [0.5, 0.6) is 0 Å². The van der Waals surface area contributed by atoms with Gasteiger partial charge < -0.3 is 0 Å². The maximum Gasteiger partial charge on any atom is 0.144 e. The Morgan fingerprint density at radius 2 is 1.42 bits per heavy atom. The van der Waals surface area contributed by atoms with Crippen molar-refractivity contribution in [2.75, 3.05) is 0 Å². The number of benzene rings is 1. The molecule has 0 N–H and O–H groups in total. The Morgan fingerprint density at radius 1 is 0.871 bits per heavy atom. The number of hydrogen-bond acceptors (Lipinski definition) is 1. The van der Waals surface area contributed by atoms with E-state index in [9.17, 15) is 8.78 Å². The molecule has 2 aliphatic rings. The van der Waals surface area contributed by atoms with Crippen molar-refractivity contribution in [2.24, 2.45) is 23.7 Å². The number of halogens is 2. The van der Waals surface area contributed by atoms with Crippen LogP contribution < -0.4 is 0 Å². The molecule has 1 aromatic carbocycles. The summed E-state index contributed by atoms with van der Waals surface area (Å²) >= 11 is 0. The predicted octanol–water partition coefficient (Wildman–Crippen LogP) is 8.52. The van der Waals surface area contributed by atoms with E-state index in [0.29, 0.717) is 17.9 Å². The highest BCUT2D eigenvalue weighted by Crippen LogP contribution is 2.43. The van der Waals surface area contributed by atoms with Gasteiger partial charge in [-0.25, -0.2) is 8.78 Å². The molecule has 0 atom stereocenters. The number of nitriles is 1. The first-order valence-corrected chi connectivity index (χ1v) is 12.6. The molecule has 31 heavy (non-hydrogen) atoms. The van der Waals surface area contributed by atoms with Gasteiger partial charge in [-0.2, -0.15) is 5.26 Å². The summed E-state index contributed by atoms with van der Waals surface area (Å²) in [6, 6.07) is 4.28. The third kappa shape index (κ3) is 7.16. The number of hydrogen-bond donors (Lipinski definition) is 0.